The Balaban J connectivity index is 1.32. The lowest BCUT2D eigenvalue weighted by Crippen LogP contribution is -2.38. The van der Waals surface area contributed by atoms with Crippen LogP contribution in [0.5, 0.6) is 17.2 Å². The lowest BCUT2D eigenvalue weighted by atomic mass is 9.83. The average molecular weight is 587 g/mol. The molecule has 0 saturated carbocycles. The van der Waals surface area contributed by atoms with Crippen molar-refractivity contribution in [1.29, 1.82) is 0 Å². The Morgan fingerprint density at radius 3 is 2.56 bits per heavy atom. The zero-order valence-corrected chi connectivity index (χ0v) is 24.8. The maximum Gasteiger partial charge on any atom is 0.271 e. The molecule has 1 aliphatic heterocycles. The second-order valence-corrected chi connectivity index (χ2v) is 11.6. The highest BCUT2D eigenvalue weighted by molar-refractivity contribution is 7.07. The Morgan fingerprint density at radius 2 is 1.72 bits per heavy atom. The molecule has 2 heterocycles. The molecule has 6 nitrogen and oxygen atoms in total. The summed E-state index contributed by atoms with van der Waals surface area (Å²) in [5.41, 5.74) is 7.43. The van der Waals surface area contributed by atoms with Crippen LogP contribution < -0.4 is 29.1 Å². The molecule has 5 aromatic rings. The van der Waals surface area contributed by atoms with E-state index >= 15 is 0 Å². The fourth-order valence-corrected chi connectivity index (χ4v) is 6.91. The number of hydrogen-bond donors (Lipinski definition) is 0. The highest BCUT2D eigenvalue weighted by Gasteiger charge is 2.32. The molecular formula is C36H30N2O4S. The van der Waals surface area contributed by atoms with Crippen molar-refractivity contribution in [2.75, 3.05) is 14.2 Å². The molecule has 7 rings (SSSR count). The van der Waals surface area contributed by atoms with Crippen LogP contribution in [0.3, 0.4) is 0 Å². The molecule has 0 saturated heterocycles. The zero-order valence-electron chi connectivity index (χ0n) is 23.9. The molecule has 2 aliphatic rings. The van der Waals surface area contributed by atoms with Crippen molar-refractivity contribution in [2.24, 2.45) is 4.99 Å². The van der Waals surface area contributed by atoms with Crippen molar-refractivity contribution in [3.05, 3.63) is 150 Å². The second-order valence-electron chi connectivity index (χ2n) is 10.6. The van der Waals surface area contributed by atoms with Crippen molar-refractivity contribution in [2.45, 2.75) is 25.5 Å². The summed E-state index contributed by atoms with van der Waals surface area (Å²) in [6.07, 6.45) is 3.66. The van der Waals surface area contributed by atoms with E-state index in [2.05, 4.69) is 30.3 Å². The smallest absolute Gasteiger partial charge is 0.271 e. The van der Waals surface area contributed by atoms with Crippen molar-refractivity contribution in [3.8, 4) is 17.2 Å². The molecule has 1 aromatic heterocycles. The van der Waals surface area contributed by atoms with Crippen LogP contribution in [-0.2, 0) is 13.0 Å². The van der Waals surface area contributed by atoms with E-state index in [0.29, 0.717) is 27.4 Å². The molecule has 0 bridgehead atoms. The number of allylic oxidation sites excluding steroid dienone is 1. The number of thiazole rings is 1. The van der Waals surface area contributed by atoms with Gasteiger partial charge in [0.15, 0.2) is 16.3 Å². The third-order valence-electron chi connectivity index (χ3n) is 8.01. The topological polar surface area (TPSA) is 62.0 Å². The molecule has 4 aromatic carbocycles. The number of nitrogens with zero attached hydrogens (tertiary/aromatic N) is 2. The fraction of sp³-hybridized carbons (Fsp3) is 0.167. The van der Waals surface area contributed by atoms with Gasteiger partial charge in [0.2, 0.25) is 0 Å². The Labute approximate surface area is 253 Å². The van der Waals surface area contributed by atoms with Crippen molar-refractivity contribution in [1.82, 2.24) is 4.57 Å². The number of ether oxygens (including phenoxy) is 3. The molecule has 0 amide bonds. The Bertz CT molecular complexity index is 2040. The minimum Gasteiger partial charge on any atom is -0.497 e. The molecule has 0 fully saturated rings. The van der Waals surface area contributed by atoms with E-state index in [9.17, 15) is 4.79 Å². The van der Waals surface area contributed by atoms with Gasteiger partial charge in [0.05, 0.1) is 30.5 Å². The van der Waals surface area contributed by atoms with Crippen LogP contribution >= 0.6 is 11.3 Å². The van der Waals surface area contributed by atoms with E-state index in [1.807, 2.05) is 77.4 Å². The van der Waals surface area contributed by atoms with Crippen LogP contribution in [0.2, 0.25) is 0 Å². The van der Waals surface area contributed by atoms with E-state index in [1.165, 1.54) is 16.9 Å². The predicted octanol–water partition coefficient (Wildman–Crippen LogP) is 5.91. The molecule has 1 aliphatic carbocycles. The summed E-state index contributed by atoms with van der Waals surface area (Å²) < 4.78 is 19.7. The van der Waals surface area contributed by atoms with Crippen molar-refractivity contribution < 1.29 is 14.2 Å². The summed E-state index contributed by atoms with van der Waals surface area (Å²) in [7, 11) is 3.29. The number of methoxy groups -OCH3 is 2. The van der Waals surface area contributed by atoms with Crippen LogP contribution in [0, 0.1) is 0 Å². The molecule has 0 N–H and O–H groups in total. The highest BCUT2D eigenvalue weighted by Crippen LogP contribution is 2.41. The molecule has 214 valence electrons. The molecule has 1 atom stereocenters. The quantitative estimate of drug-likeness (QED) is 0.238. The van der Waals surface area contributed by atoms with Crippen molar-refractivity contribution >= 4 is 23.1 Å². The van der Waals surface area contributed by atoms with Gasteiger partial charge < -0.3 is 14.2 Å². The Kier molecular flexibility index (Phi) is 7.17. The number of fused-ring (bicyclic) bond motifs is 3. The number of benzene rings is 4. The van der Waals surface area contributed by atoms with Gasteiger partial charge in [-0.15, -0.1) is 0 Å². The molecule has 7 heteroatoms. The van der Waals surface area contributed by atoms with Gasteiger partial charge in [0, 0.05) is 5.56 Å². The number of aromatic nitrogens is 1. The summed E-state index contributed by atoms with van der Waals surface area (Å²) in [6.45, 7) is 0.438. The minimum absolute atomic E-state index is 0.0645. The van der Waals surface area contributed by atoms with Crippen LogP contribution in [0.25, 0.3) is 11.8 Å². The highest BCUT2D eigenvalue weighted by atomic mass is 32.1. The van der Waals surface area contributed by atoms with Gasteiger partial charge in [-0.25, -0.2) is 4.99 Å². The predicted molar refractivity (Wildman–Crippen MR) is 170 cm³/mol. The second kappa shape index (κ2) is 11.4. The molecule has 0 radical (unpaired) electrons. The standard InChI is InChI=1S/C36H30N2O4S/c1-40-27-13-8-12-26(21-27)34-29-17-16-25-11-6-7-14-28(25)33(29)37-36-38(34)35(39)32(43-36)20-24-15-18-30(31(19-24)41-2)42-22-23-9-4-3-5-10-23/h3-15,18-21,34H,16-17,22H2,1-2H3/b32-20+/t34-/m0/s1. The Morgan fingerprint density at radius 1 is 0.884 bits per heavy atom. The maximum absolute atomic E-state index is 14.1. The molecule has 43 heavy (non-hydrogen) atoms. The van der Waals surface area contributed by atoms with E-state index in [0.717, 1.165) is 52.1 Å². The van der Waals surface area contributed by atoms with E-state index < -0.39 is 0 Å². The van der Waals surface area contributed by atoms with Crippen molar-refractivity contribution in [3.63, 3.8) is 0 Å². The zero-order chi connectivity index (χ0) is 29.3. The van der Waals surface area contributed by atoms with Gasteiger partial charge in [0.1, 0.15) is 12.4 Å². The average Bonchev–Trinajstić information content (AvgIpc) is 3.37. The molecule has 0 spiro atoms. The van der Waals surface area contributed by atoms with Gasteiger partial charge in [-0.1, -0.05) is 84.1 Å². The first-order valence-corrected chi connectivity index (χ1v) is 15.1. The summed E-state index contributed by atoms with van der Waals surface area (Å²) in [5, 5.41) is 0. The summed E-state index contributed by atoms with van der Waals surface area (Å²) in [6, 6.07) is 31.9. The SMILES string of the molecule is COc1cccc([C@H]2C3=C(N=c4s/c(=C/c5ccc(OCc6ccccc6)c(OC)c5)c(=O)n42)c2ccccc2CC3)c1. The number of aryl methyl sites for hydroxylation is 1. The first-order valence-electron chi connectivity index (χ1n) is 14.2. The summed E-state index contributed by atoms with van der Waals surface area (Å²) >= 11 is 1.41. The van der Waals surface area contributed by atoms with Crippen LogP contribution in [0.4, 0.5) is 0 Å². The van der Waals surface area contributed by atoms with E-state index in [1.54, 1.807) is 14.2 Å². The van der Waals surface area contributed by atoms with Gasteiger partial charge in [0.25, 0.3) is 5.56 Å². The first-order chi connectivity index (χ1) is 21.1. The van der Waals surface area contributed by atoms with Crippen LogP contribution in [0.1, 0.15) is 40.3 Å². The van der Waals surface area contributed by atoms with Gasteiger partial charge in [-0.3, -0.25) is 9.36 Å². The van der Waals surface area contributed by atoms with Gasteiger partial charge in [-0.2, -0.15) is 0 Å². The van der Waals surface area contributed by atoms with Gasteiger partial charge in [-0.05, 0) is 71.0 Å². The third-order valence-corrected chi connectivity index (χ3v) is 8.99. The van der Waals surface area contributed by atoms with Crippen LogP contribution in [0.15, 0.2) is 112 Å². The normalized spacial score (nSPS) is 15.7. The van der Waals surface area contributed by atoms with Crippen LogP contribution in [-0.4, -0.2) is 18.8 Å². The summed E-state index contributed by atoms with van der Waals surface area (Å²) in [4.78, 5) is 19.9. The minimum atomic E-state index is -0.264. The molecular weight excluding hydrogens is 556 g/mol. The van der Waals surface area contributed by atoms with E-state index in [-0.39, 0.29) is 11.6 Å². The molecule has 0 unspecified atom stereocenters. The van der Waals surface area contributed by atoms with Gasteiger partial charge >= 0.3 is 0 Å². The number of rotatable bonds is 7. The number of hydrogen-bond acceptors (Lipinski definition) is 6. The third kappa shape index (κ3) is 5.06. The van der Waals surface area contributed by atoms with E-state index in [4.69, 9.17) is 19.2 Å². The first kappa shape index (κ1) is 27.0. The maximum atomic E-state index is 14.1. The lowest BCUT2D eigenvalue weighted by molar-refractivity contribution is 0.284. The monoisotopic (exact) mass is 586 g/mol. The Hall–Kier alpha value is -4.88. The fourth-order valence-electron chi connectivity index (χ4n) is 5.91. The lowest BCUT2D eigenvalue weighted by Gasteiger charge is -2.31. The largest absolute Gasteiger partial charge is 0.497 e. The summed E-state index contributed by atoms with van der Waals surface area (Å²) in [5.74, 6) is 2.02.